The van der Waals surface area contributed by atoms with Crippen LogP contribution in [-0.4, -0.2) is 13.2 Å². The number of aliphatic imine (C=N–C) groups is 1. The molecule has 1 aromatic rings. The second kappa shape index (κ2) is 4.91. The molecule has 0 unspecified atom stereocenters. The van der Waals surface area contributed by atoms with Crippen LogP contribution in [0.5, 0.6) is 5.75 Å². The first-order valence-corrected chi connectivity index (χ1v) is 6.02. The molecule has 0 spiro atoms. The van der Waals surface area contributed by atoms with Crippen molar-refractivity contribution in [1.29, 1.82) is 0 Å². The Kier molecular flexibility index (Phi) is 3.51. The van der Waals surface area contributed by atoms with E-state index in [0.717, 1.165) is 31.2 Å². The fourth-order valence-corrected chi connectivity index (χ4v) is 2.69. The third-order valence-electron chi connectivity index (χ3n) is 3.33. The molecule has 2 rings (SSSR count). The number of ether oxygens (including phenoxy) is 1. The number of isocyanates is 1. The molecule has 0 amide bonds. The number of hydrogen-bond donors (Lipinski definition) is 0. The molecule has 0 saturated heterocycles. The van der Waals surface area contributed by atoms with Crippen LogP contribution in [0.3, 0.4) is 0 Å². The number of rotatable bonds is 3. The van der Waals surface area contributed by atoms with Gasteiger partial charge in [0.15, 0.2) is 0 Å². The Labute approximate surface area is 105 Å². The van der Waals surface area contributed by atoms with Crippen molar-refractivity contribution in [3.05, 3.63) is 28.8 Å². The molecule has 0 atom stereocenters. The lowest BCUT2D eigenvalue weighted by atomic mass is 9.89. The Morgan fingerprint density at radius 1 is 1.35 bits per heavy atom. The van der Waals surface area contributed by atoms with Gasteiger partial charge in [0.2, 0.25) is 6.08 Å². The smallest absolute Gasteiger partial charge is 0.235 e. The predicted octanol–water partition coefficient (Wildman–Crippen LogP) is 3.45. The zero-order valence-electron chi connectivity index (χ0n) is 9.70. The highest BCUT2D eigenvalue weighted by atomic mass is 35.5. The number of carbonyl (C=O) groups excluding carboxylic acids is 1. The van der Waals surface area contributed by atoms with E-state index in [1.165, 1.54) is 0 Å². The van der Waals surface area contributed by atoms with E-state index in [1.54, 1.807) is 19.3 Å². The van der Waals surface area contributed by atoms with Crippen LogP contribution in [0.2, 0.25) is 5.02 Å². The maximum absolute atomic E-state index is 10.6. The van der Waals surface area contributed by atoms with Crippen molar-refractivity contribution >= 4 is 17.7 Å². The lowest BCUT2D eigenvalue weighted by molar-refractivity contribution is 0.408. The van der Waals surface area contributed by atoms with Gasteiger partial charge in [-0.3, -0.25) is 0 Å². The van der Waals surface area contributed by atoms with Gasteiger partial charge in [-0.15, -0.1) is 0 Å². The highest BCUT2D eigenvalue weighted by molar-refractivity contribution is 6.30. The van der Waals surface area contributed by atoms with E-state index in [0.29, 0.717) is 10.8 Å². The molecule has 1 aliphatic rings. The summed E-state index contributed by atoms with van der Waals surface area (Å²) in [4.78, 5) is 14.6. The van der Waals surface area contributed by atoms with Gasteiger partial charge in [0.25, 0.3) is 0 Å². The number of hydrogen-bond acceptors (Lipinski definition) is 3. The summed E-state index contributed by atoms with van der Waals surface area (Å²) >= 11 is 6.05. The summed E-state index contributed by atoms with van der Waals surface area (Å²) in [5.41, 5.74) is 0.502. The molecule has 0 aromatic heterocycles. The topological polar surface area (TPSA) is 38.7 Å². The van der Waals surface area contributed by atoms with Crippen LogP contribution < -0.4 is 4.74 Å². The molecular formula is C13H14ClNO2. The van der Waals surface area contributed by atoms with Crippen LogP contribution in [0, 0.1) is 0 Å². The third-order valence-corrected chi connectivity index (χ3v) is 3.55. The molecular weight excluding hydrogens is 238 g/mol. The van der Waals surface area contributed by atoms with E-state index in [9.17, 15) is 4.79 Å². The van der Waals surface area contributed by atoms with Gasteiger partial charge in [-0.2, -0.15) is 4.99 Å². The summed E-state index contributed by atoms with van der Waals surface area (Å²) in [6.45, 7) is 0. The molecule has 0 aliphatic heterocycles. The van der Waals surface area contributed by atoms with E-state index in [1.807, 2.05) is 12.1 Å². The lowest BCUT2D eigenvalue weighted by Gasteiger charge is -2.23. The van der Waals surface area contributed by atoms with Crippen LogP contribution in [0.25, 0.3) is 0 Å². The molecule has 0 bridgehead atoms. The van der Waals surface area contributed by atoms with Crippen LogP contribution in [0.1, 0.15) is 31.2 Å². The van der Waals surface area contributed by atoms with Gasteiger partial charge in [0.1, 0.15) is 5.75 Å². The third kappa shape index (κ3) is 2.36. The van der Waals surface area contributed by atoms with Crippen LogP contribution in [0.4, 0.5) is 0 Å². The molecule has 17 heavy (non-hydrogen) atoms. The maximum atomic E-state index is 10.6. The minimum Gasteiger partial charge on any atom is -0.497 e. The van der Waals surface area contributed by atoms with Gasteiger partial charge in [-0.05, 0) is 36.6 Å². The van der Waals surface area contributed by atoms with E-state index in [2.05, 4.69) is 4.99 Å². The van der Waals surface area contributed by atoms with Gasteiger partial charge in [-0.25, -0.2) is 4.79 Å². The highest BCUT2D eigenvalue weighted by Gasteiger charge is 2.36. The van der Waals surface area contributed by atoms with E-state index in [-0.39, 0.29) is 0 Å². The molecule has 4 heteroatoms. The molecule has 90 valence electrons. The van der Waals surface area contributed by atoms with Crippen molar-refractivity contribution < 1.29 is 9.53 Å². The van der Waals surface area contributed by atoms with Gasteiger partial charge >= 0.3 is 0 Å². The molecule has 0 heterocycles. The van der Waals surface area contributed by atoms with Crippen molar-refractivity contribution in [2.45, 2.75) is 31.2 Å². The Bertz CT molecular complexity index is 460. The Morgan fingerprint density at radius 2 is 2.06 bits per heavy atom. The molecule has 0 N–H and O–H groups in total. The molecule has 1 saturated carbocycles. The molecule has 1 fully saturated rings. The fourth-order valence-electron chi connectivity index (χ4n) is 2.46. The van der Waals surface area contributed by atoms with Crippen molar-refractivity contribution in [1.82, 2.24) is 0 Å². The average Bonchev–Trinajstić information content (AvgIpc) is 2.78. The van der Waals surface area contributed by atoms with Crippen molar-refractivity contribution in [2.24, 2.45) is 4.99 Å². The summed E-state index contributed by atoms with van der Waals surface area (Å²) in [5.74, 6) is 0.694. The van der Waals surface area contributed by atoms with Crippen LogP contribution >= 0.6 is 11.6 Å². The zero-order chi connectivity index (χ0) is 12.3. The summed E-state index contributed by atoms with van der Waals surface area (Å²) in [7, 11) is 1.60. The number of methoxy groups -OCH3 is 1. The minimum atomic E-state index is -0.445. The zero-order valence-corrected chi connectivity index (χ0v) is 10.5. The van der Waals surface area contributed by atoms with Gasteiger partial charge < -0.3 is 4.74 Å². The van der Waals surface area contributed by atoms with E-state index < -0.39 is 5.54 Å². The Balaban J connectivity index is 2.49. The van der Waals surface area contributed by atoms with E-state index >= 15 is 0 Å². The first-order valence-electron chi connectivity index (χ1n) is 5.64. The predicted molar refractivity (Wildman–Crippen MR) is 66.3 cm³/mol. The quantitative estimate of drug-likeness (QED) is 0.610. The molecule has 1 aromatic carbocycles. The van der Waals surface area contributed by atoms with Crippen molar-refractivity contribution in [2.75, 3.05) is 7.11 Å². The summed E-state index contributed by atoms with van der Waals surface area (Å²) in [5, 5.41) is 0.603. The summed E-state index contributed by atoms with van der Waals surface area (Å²) in [6.07, 6.45) is 5.57. The van der Waals surface area contributed by atoms with Crippen LogP contribution in [0.15, 0.2) is 23.2 Å². The largest absolute Gasteiger partial charge is 0.497 e. The SMILES string of the molecule is COc1cc(Cl)cc(C2(N=C=O)CCCC2)c1. The van der Waals surface area contributed by atoms with Gasteiger partial charge in [0.05, 0.1) is 12.6 Å². The average molecular weight is 252 g/mol. The maximum Gasteiger partial charge on any atom is 0.235 e. The minimum absolute atomic E-state index is 0.445. The number of halogens is 1. The first kappa shape index (κ1) is 12.2. The number of benzene rings is 1. The molecule has 3 nitrogen and oxygen atoms in total. The molecule has 1 aliphatic carbocycles. The first-order chi connectivity index (χ1) is 8.20. The molecule has 0 radical (unpaired) electrons. The monoisotopic (exact) mass is 251 g/mol. The lowest BCUT2D eigenvalue weighted by Crippen LogP contribution is -2.18. The van der Waals surface area contributed by atoms with Crippen LogP contribution in [-0.2, 0) is 10.3 Å². The second-order valence-electron chi connectivity index (χ2n) is 4.32. The number of nitrogens with zero attached hydrogens (tertiary/aromatic N) is 1. The van der Waals surface area contributed by atoms with Gasteiger partial charge in [-0.1, -0.05) is 24.4 Å². The normalized spacial score (nSPS) is 17.5. The Hall–Kier alpha value is -1.31. The van der Waals surface area contributed by atoms with Crippen molar-refractivity contribution in [3.8, 4) is 5.75 Å². The van der Waals surface area contributed by atoms with Gasteiger partial charge in [0, 0.05) is 5.02 Å². The fraction of sp³-hybridized carbons (Fsp3) is 0.462. The van der Waals surface area contributed by atoms with Crippen molar-refractivity contribution in [3.63, 3.8) is 0 Å². The summed E-state index contributed by atoms with van der Waals surface area (Å²) in [6, 6.07) is 5.51. The Morgan fingerprint density at radius 3 is 2.65 bits per heavy atom. The second-order valence-corrected chi connectivity index (χ2v) is 4.76. The summed E-state index contributed by atoms with van der Waals surface area (Å²) < 4.78 is 5.19. The highest BCUT2D eigenvalue weighted by Crippen LogP contribution is 2.43. The van der Waals surface area contributed by atoms with E-state index in [4.69, 9.17) is 16.3 Å². The standard InChI is InChI=1S/C13H14ClNO2/c1-17-12-7-10(6-11(14)8-12)13(15-9-16)4-2-3-5-13/h6-8H,2-5H2,1H3.